The zero-order chi connectivity index (χ0) is 23.8. The number of ether oxygens (including phenoxy) is 1. The largest absolute Gasteiger partial charge is 0.452 e. The molecule has 1 heterocycles. The van der Waals surface area contributed by atoms with E-state index in [-0.39, 0.29) is 17.0 Å². The van der Waals surface area contributed by atoms with Gasteiger partial charge in [-0.05, 0) is 47.3 Å². The van der Waals surface area contributed by atoms with E-state index >= 15 is 0 Å². The van der Waals surface area contributed by atoms with Crippen molar-refractivity contribution in [2.24, 2.45) is 0 Å². The zero-order valence-corrected chi connectivity index (χ0v) is 18.8. The highest BCUT2D eigenvalue weighted by Crippen LogP contribution is 2.26. The van der Waals surface area contributed by atoms with Gasteiger partial charge in [-0.2, -0.15) is 4.72 Å². The Morgan fingerprint density at radius 1 is 1.12 bits per heavy atom. The first kappa shape index (κ1) is 24.1. The molecule has 0 radical (unpaired) electrons. The van der Waals surface area contributed by atoms with E-state index in [1.165, 1.54) is 41.7 Å². The lowest BCUT2D eigenvalue weighted by Gasteiger charge is -2.18. The summed E-state index contributed by atoms with van der Waals surface area (Å²) in [5, 5.41) is 4.61. The molecule has 0 aliphatic carbocycles. The van der Waals surface area contributed by atoms with Gasteiger partial charge in [-0.15, -0.1) is 17.8 Å². The summed E-state index contributed by atoms with van der Waals surface area (Å²) in [6, 6.07) is 14.0. The molecule has 7 nitrogen and oxygen atoms in total. The molecule has 1 unspecified atom stereocenters. The highest BCUT2D eigenvalue weighted by molar-refractivity contribution is 7.89. The Bertz CT molecular complexity index is 1270. The number of rotatable bonds is 9. The Balaban J connectivity index is 1.66. The third-order valence-corrected chi connectivity index (χ3v) is 6.75. The summed E-state index contributed by atoms with van der Waals surface area (Å²) in [7, 11) is -3.89. The molecule has 0 fully saturated rings. The summed E-state index contributed by atoms with van der Waals surface area (Å²) in [4.78, 5) is 25.5. The topological polar surface area (TPSA) is 102 Å². The van der Waals surface area contributed by atoms with E-state index in [1.54, 1.807) is 12.1 Å². The third kappa shape index (κ3) is 6.49. The summed E-state index contributed by atoms with van der Waals surface area (Å²) >= 11 is 1.41. The van der Waals surface area contributed by atoms with Crippen molar-refractivity contribution >= 4 is 33.2 Å². The van der Waals surface area contributed by atoms with Crippen molar-refractivity contribution in [2.45, 2.75) is 10.9 Å². The molecule has 0 saturated carbocycles. The van der Waals surface area contributed by atoms with Gasteiger partial charge < -0.3 is 10.1 Å². The smallest absolute Gasteiger partial charge is 0.338 e. The normalized spacial score (nSPS) is 11.9. The standard InChI is InChI=1S/C23H19FN2O5S2/c1-2-12-25-33(29,30)19-6-3-5-17(14-19)23(28)31-15-21(27)26-22(20-7-4-13-32-20)16-8-10-18(24)11-9-16/h1,3-11,13-14,22,25H,12,15H2,(H,26,27). The summed E-state index contributed by atoms with van der Waals surface area (Å²) in [5.41, 5.74) is 0.621. The monoisotopic (exact) mass is 486 g/mol. The number of terminal acetylenes is 1. The zero-order valence-electron chi connectivity index (χ0n) is 17.2. The maximum absolute atomic E-state index is 13.3. The molecule has 33 heavy (non-hydrogen) atoms. The number of halogens is 1. The van der Waals surface area contributed by atoms with Crippen molar-refractivity contribution in [1.29, 1.82) is 0 Å². The van der Waals surface area contributed by atoms with Crippen molar-refractivity contribution < 1.29 is 27.1 Å². The SMILES string of the molecule is C#CCNS(=O)(=O)c1cccc(C(=O)OCC(=O)NC(c2ccc(F)cc2)c2cccs2)c1. The van der Waals surface area contributed by atoms with Crippen LogP contribution in [0.1, 0.15) is 26.8 Å². The van der Waals surface area contributed by atoms with Gasteiger partial charge in [0, 0.05) is 4.88 Å². The van der Waals surface area contributed by atoms with Crippen LogP contribution >= 0.6 is 11.3 Å². The van der Waals surface area contributed by atoms with Gasteiger partial charge in [0.2, 0.25) is 10.0 Å². The van der Waals surface area contributed by atoms with Crippen molar-refractivity contribution in [1.82, 2.24) is 10.0 Å². The van der Waals surface area contributed by atoms with Gasteiger partial charge in [-0.1, -0.05) is 30.2 Å². The fraction of sp³-hybridized carbons (Fsp3) is 0.130. The third-order valence-electron chi connectivity index (χ3n) is 4.42. The summed E-state index contributed by atoms with van der Waals surface area (Å²) in [6.45, 7) is -0.787. The Morgan fingerprint density at radius 3 is 2.55 bits per heavy atom. The molecular weight excluding hydrogens is 467 g/mol. The Hall–Kier alpha value is -3.52. The number of esters is 1. The van der Waals surface area contributed by atoms with Gasteiger partial charge in [-0.25, -0.2) is 17.6 Å². The average Bonchev–Trinajstić information content (AvgIpc) is 3.35. The van der Waals surface area contributed by atoms with Crippen LogP contribution in [-0.4, -0.2) is 33.4 Å². The lowest BCUT2D eigenvalue weighted by molar-refractivity contribution is -0.124. The quantitative estimate of drug-likeness (QED) is 0.358. The van der Waals surface area contributed by atoms with Crippen LogP contribution < -0.4 is 10.0 Å². The molecule has 3 rings (SSSR count). The molecule has 1 aromatic heterocycles. The maximum atomic E-state index is 13.3. The van der Waals surface area contributed by atoms with E-state index in [9.17, 15) is 22.4 Å². The van der Waals surface area contributed by atoms with Crippen LogP contribution in [-0.2, 0) is 19.6 Å². The number of benzene rings is 2. The first-order chi connectivity index (χ1) is 15.8. The number of hydrogen-bond donors (Lipinski definition) is 2. The molecular formula is C23H19FN2O5S2. The van der Waals surface area contributed by atoms with Gasteiger partial charge in [0.25, 0.3) is 5.91 Å². The van der Waals surface area contributed by atoms with E-state index in [4.69, 9.17) is 11.2 Å². The van der Waals surface area contributed by atoms with E-state index < -0.39 is 40.4 Å². The van der Waals surface area contributed by atoms with Crippen LogP contribution in [0.5, 0.6) is 0 Å². The average molecular weight is 487 g/mol. The second kappa shape index (κ2) is 10.9. The van der Waals surface area contributed by atoms with Gasteiger partial charge in [-0.3, -0.25) is 4.79 Å². The van der Waals surface area contributed by atoms with Crippen LogP contribution in [0.4, 0.5) is 4.39 Å². The molecule has 10 heteroatoms. The molecule has 0 bridgehead atoms. The fourth-order valence-electron chi connectivity index (χ4n) is 2.86. The van der Waals surface area contributed by atoms with Crippen molar-refractivity contribution in [3.05, 3.63) is 87.9 Å². The van der Waals surface area contributed by atoms with Gasteiger partial charge >= 0.3 is 5.97 Å². The van der Waals surface area contributed by atoms with Crippen LogP contribution in [0, 0.1) is 18.2 Å². The first-order valence-electron chi connectivity index (χ1n) is 9.58. The molecule has 1 atom stereocenters. The van der Waals surface area contributed by atoms with Crippen molar-refractivity contribution in [2.75, 3.05) is 13.2 Å². The summed E-state index contributed by atoms with van der Waals surface area (Å²) in [6.07, 6.45) is 5.06. The number of hydrogen-bond acceptors (Lipinski definition) is 6. The van der Waals surface area contributed by atoms with E-state index in [0.29, 0.717) is 5.56 Å². The maximum Gasteiger partial charge on any atom is 0.338 e. The molecule has 170 valence electrons. The Kier molecular flexibility index (Phi) is 7.95. The summed E-state index contributed by atoms with van der Waals surface area (Å²) in [5.74, 6) is 0.314. The second-order valence-corrected chi connectivity index (χ2v) is 9.45. The Labute approximate surface area is 194 Å². The first-order valence-corrected chi connectivity index (χ1v) is 11.9. The van der Waals surface area contributed by atoms with E-state index in [2.05, 4.69) is 16.0 Å². The highest BCUT2D eigenvalue weighted by Gasteiger charge is 2.20. The van der Waals surface area contributed by atoms with Crippen LogP contribution in [0.25, 0.3) is 0 Å². The molecule has 2 aromatic carbocycles. The molecule has 0 spiro atoms. The minimum absolute atomic E-state index is 0.0419. The molecule has 2 N–H and O–H groups in total. The fourth-order valence-corrected chi connectivity index (χ4v) is 4.64. The van der Waals surface area contributed by atoms with Crippen molar-refractivity contribution in [3.63, 3.8) is 0 Å². The molecule has 0 aliphatic heterocycles. The Morgan fingerprint density at radius 2 is 1.88 bits per heavy atom. The van der Waals surface area contributed by atoms with E-state index in [0.717, 1.165) is 10.9 Å². The molecule has 0 aliphatic rings. The van der Waals surface area contributed by atoms with Gasteiger partial charge in [0.05, 0.1) is 23.0 Å². The van der Waals surface area contributed by atoms with Gasteiger partial charge in [0.1, 0.15) is 5.82 Å². The van der Waals surface area contributed by atoms with Crippen LogP contribution in [0.15, 0.2) is 70.9 Å². The highest BCUT2D eigenvalue weighted by atomic mass is 32.2. The number of carbonyl (C=O) groups is 2. The van der Waals surface area contributed by atoms with Crippen LogP contribution in [0.2, 0.25) is 0 Å². The second-order valence-electron chi connectivity index (χ2n) is 6.70. The predicted octanol–water partition coefficient (Wildman–Crippen LogP) is 2.86. The molecule has 0 saturated heterocycles. The number of thiophene rings is 1. The predicted molar refractivity (Wildman–Crippen MR) is 121 cm³/mol. The van der Waals surface area contributed by atoms with Crippen molar-refractivity contribution in [3.8, 4) is 12.3 Å². The number of sulfonamides is 1. The number of carbonyl (C=O) groups excluding carboxylic acids is 2. The number of amides is 1. The number of nitrogens with one attached hydrogen (secondary N) is 2. The lowest BCUT2D eigenvalue weighted by atomic mass is 10.1. The molecule has 1 amide bonds. The van der Waals surface area contributed by atoms with Crippen LogP contribution in [0.3, 0.4) is 0 Å². The van der Waals surface area contributed by atoms with Gasteiger partial charge in [0.15, 0.2) is 6.61 Å². The molecule has 3 aromatic rings. The lowest BCUT2D eigenvalue weighted by Crippen LogP contribution is -2.32. The minimum Gasteiger partial charge on any atom is -0.452 e. The van der Waals surface area contributed by atoms with E-state index in [1.807, 2.05) is 17.5 Å². The minimum atomic E-state index is -3.89. The summed E-state index contributed by atoms with van der Waals surface area (Å²) < 4.78 is 44.9.